The van der Waals surface area contributed by atoms with E-state index in [4.69, 9.17) is 69.6 Å². The summed E-state index contributed by atoms with van der Waals surface area (Å²) in [6, 6.07) is 0. The van der Waals surface area contributed by atoms with Gasteiger partial charge in [-0.2, -0.15) is 17.6 Å². The molecule has 0 saturated carbocycles. The lowest BCUT2D eigenvalue weighted by Gasteiger charge is -2.31. The number of hydrogen-bond acceptors (Lipinski definition) is 1. The molecular weight excluding hydrogens is 415 g/mol. The average Bonchev–Trinajstić information content (AvgIpc) is 2.10. The van der Waals surface area contributed by atoms with E-state index in [-0.39, 0.29) is 0 Å². The summed E-state index contributed by atoms with van der Waals surface area (Å²) >= 11 is 28.5. The fourth-order valence-corrected chi connectivity index (χ4v) is 1.43. The Hall–Kier alpha value is 1.28. The Morgan fingerprint density at radius 1 is 0.632 bits per heavy atom. The molecule has 0 rings (SSSR count). The van der Waals surface area contributed by atoms with E-state index in [1.54, 1.807) is 0 Å². The van der Waals surface area contributed by atoms with Crippen molar-refractivity contribution in [1.82, 2.24) is 0 Å². The molecule has 19 heavy (non-hydrogen) atoms. The maximum absolute atomic E-state index is 13.0. The fourth-order valence-electron chi connectivity index (χ4n) is 0.666. The molecule has 2 unspecified atom stereocenters. The van der Waals surface area contributed by atoms with Crippen LogP contribution in [0.3, 0.4) is 0 Å². The van der Waals surface area contributed by atoms with E-state index < -0.39 is 32.1 Å². The summed E-state index contributed by atoms with van der Waals surface area (Å²) in [5, 5.41) is 0. The molecule has 0 aliphatic rings. The van der Waals surface area contributed by atoms with Crippen LogP contribution in [0.25, 0.3) is 0 Å². The van der Waals surface area contributed by atoms with Crippen LogP contribution < -0.4 is 0 Å². The van der Waals surface area contributed by atoms with Crippen LogP contribution in [0.2, 0.25) is 0 Å². The van der Waals surface area contributed by atoms with Gasteiger partial charge >= 0.3 is 12.2 Å². The monoisotopic (exact) mass is 414 g/mol. The minimum absolute atomic E-state index is 2.68. The van der Waals surface area contributed by atoms with Gasteiger partial charge in [0.15, 0.2) is 0 Å². The van der Waals surface area contributed by atoms with E-state index in [1.165, 1.54) is 0 Å². The molecule has 0 amide bonds. The summed E-state index contributed by atoms with van der Waals surface area (Å²) < 4.78 is 73.7. The molecular formula is C6H2Cl6F6O. The molecule has 0 heterocycles. The summed E-state index contributed by atoms with van der Waals surface area (Å²) in [5.74, 6) is 0. The first-order chi connectivity index (χ1) is 8.02. The first kappa shape index (κ1) is 20.3. The highest BCUT2D eigenvalue weighted by atomic mass is 35.6. The van der Waals surface area contributed by atoms with Gasteiger partial charge in [-0.1, -0.05) is 69.6 Å². The first-order valence-electron chi connectivity index (χ1n) is 3.89. The molecule has 13 heteroatoms. The standard InChI is InChI=1S/C6H2Cl6F6O/c7-3(8,9)1(13)5(15,16)19-6(17,18)2(14)4(10,11)12/h1-2H. The van der Waals surface area contributed by atoms with Crippen LogP contribution in [0.5, 0.6) is 0 Å². The van der Waals surface area contributed by atoms with Crippen molar-refractivity contribution in [3.63, 3.8) is 0 Å². The zero-order valence-electron chi connectivity index (χ0n) is 8.10. The minimum Gasteiger partial charge on any atom is -0.250 e. The van der Waals surface area contributed by atoms with Crippen LogP contribution in [0.1, 0.15) is 0 Å². The smallest absolute Gasteiger partial charge is 0.250 e. The number of halogens is 12. The second kappa shape index (κ2) is 6.18. The highest BCUT2D eigenvalue weighted by Gasteiger charge is 2.63. The number of alkyl halides is 12. The van der Waals surface area contributed by atoms with Gasteiger partial charge in [0.25, 0.3) is 0 Å². The van der Waals surface area contributed by atoms with Crippen molar-refractivity contribution in [1.29, 1.82) is 0 Å². The van der Waals surface area contributed by atoms with Gasteiger partial charge in [0.1, 0.15) is 0 Å². The van der Waals surface area contributed by atoms with E-state index >= 15 is 0 Å². The van der Waals surface area contributed by atoms with Crippen molar-refractivity contribution in [2.75, 3.05) is 0 Å². The Morgan fingerprint density at radius 3 is 1.00 bits per heavy atom. The van der Waals surface area contributed by atoms with Gasteiger partial charge in [-0.15, -0.1) is 0 Å². The van der Waals surface area contributed by atoms with Gasteiger partial charge in [-0.25, -0.2) is 8.78 Å². The van der Waals surface area contributed by atoms with Gasteiger partial charge in [0.05, 0.1) is 0 Å². The predicted octanol–water partition coefficient (Wildman–Crippen LogP) is 5.61. The van der Waals surface area contributed by atoms with Crippen LogP contribution in [-0.2, 0) is 4.74 Å². The Balaban J connectivity index is 5.11. The van der Waals surface area contributed by atoms with Crippen LogP contribution in [-0.4, -0.2) is 32.1 Å². The van der Waals surface area contributed by atoms with Crippen molar-refractivity contribution in [3.05, 3.63) is 0 Å². The Bertz CT molecular complexity index is 284. The molecule has 1 nitrogen and oxygen atoms in total. The highest BCUT2D eigenvalue weighted by molar-refractivity contribution is 6.68. The summed E-state index contributed by atoms with van der Waals surface area (Å²) in [6.45, 7) is 0. The lowest BCUT2D eigenvalue weighted by molar-refractivity contribution is -0.405. The topological polar surface area (TPSA) is 9.23 Å². The number of rotatable bonds is 4. The largest absolute Gasteiger partial charge is 0.395 e. The summed E-state index contributed by atoms with van der Waals surface area (Å²) in [4.78, 5) is 0. The number of ether oxygens (including phenoxy) is 1. The maximum atomic E-state index is 13.0. The van der Waals surface area contributed by atoms with E-state index in [1.807, 2.05) is 0 Å². The second-order valence-corrected chi connectivity index (χ2v) is 7.77. The molecule has 0 aromatic heterocycles. The van der Waals surface area contributed by atoms with E-state index in [9.17, 15) is 26.3 Å². The van der Waals surface area contributed by atoms with E-state index in [0.29, 0.717) is 0 Å². The fraction of sp³-hybridized carbons (Fsp3) is 1.00. The van der Waals surface area contributed by atoms with Crippen molar-refractivity contribution >= 4 is 69.6 Å². The van der Waals surface area contributed by atoms with Crippen molar-refractivity contribution in [2.24, 2.45) is 0 Å². The van der Waals surface area contributed by atoms with Crippen LogP contribution in [0.15, 0.2) is 0 Å². The van der Waals surface area contributed by atoms with Crippen LogP contribution in [0.4, 0.5) is 26.3 Å². The maximum Gasteiger partial charge on any atom is 0.395 e. The Labute approximate surface area is 132 Å². The first-order valence-corrected chi connectivity index (χ1v) is 6.16. The number of hydrogen-bond donors (Lipinski definition) is 0. The van der Waals surface area contributed by atoms with Crippen molar-refractivity contribution < 1.29 is 31.1 Å². The SMILES string of the molecule is FC(C(Cl)(Cl)Cl)C(F)(F)OC(F)(F)C(F)C(Cl)(Cl)Cl. The molecule has 0 radical (unpaired) electrons. The summed E-state index contributed by atoms with van der Waals surface area (Å²) in [7, 11) is 0. The third-order valence-corrected chi connectivity index (χ3v) is 2.59. The van der Waals surface area contributed by atoms with Crippen molar-refractivity contribution in [3.8, 4) is 0 Å². The molecule has 116 valence electrons. The van der Waals surface area contributed by atoms with Crippen LogP contribution in [0, 0.1) is 0 Å². The summed E-state index contributed by atoms with van der Waals surface area (Å²) in [6.07, 6.45) is -18.3. The van der Waals surface area contributed by atoms with Gasteiger partial charge in [0.2, 0.25) is 19.9 Å². The molecule has 0 fully saturated rings. The zero-order valence-corrected chi connectivity index (χ0v) is 12.6. The summed E-state index contributed by atoms with van der Waals surface area (Å²) in [5.41, 5.74) is 0. The molecule has 0 aromatic carbocycles. The van der Waals surface area contributed by atoms with Gasteiger partial charge in [-0.05, 0) is 0 Å². The van der Waals surface area contributed by atoms with Gasteiger partial charge in [-0.3, -0.25) is 4.74 Å². The van der Waals surface area contributed by atoms with Gasteiger partial charge in [0, 0.05) is 0 Å². The van der Waals surface area contributed by atoms with E-state index in [2.05, 4.69) is 4.74 Å². The highest BCUT2D eigenvalue weighted by Crippen LogP contribution is 2.47. The predicted molar refractivity (Wildman–Crippen MR) is 61.4 cm³/mol. The molecule has 0 N–H and O–H groups in total. The zero-order chi connectivity index (χ0) is 15.9. The lowest BCUT2D eigenvalue weighted by atomic mass is 10.3. The molecule has 0 saturated heterocycles. The average molecular weight is 417 g/mol. The Morgan fingerprint density at radius 2 is 0.842 bits per heavy atom. The molecule has 0 spiro atoms. The lowest BCUT2D eigenvalue weighted by Crippen LogP contribution is -2.51. The minimum atomic E-state index is -5.35. The quantitative estimate of drug-likeness (QED) is 0.428. The molecule has 2 atom stereocenters. The van der Waals surface area contributed by atoms with Crippen molar-refractivity contribution in [2.45, 2.75) is 32.1 Å². The van der Waals surface area contributed by atoms with E-state index in [0.717, 1.165) is 0 Å². The Kier molecular flexibility index (Phi) is 6.60. The third kappa shape index (κ3) is 5.88. The third-order valence-electron chi connectivity index (χ3n) is 1.44. The normalized spacial score (nSPS) is 18.3. The molecule has 0 aliphatic carbocycles. The molecule has 0 aliphatic heterocycles. The second-order valence-electron chi connectivity index (χ2n) is 3.03. The molecule has 0 aromatic rings. The molecule has 0 bridgehead atoms. The van der Waals surface area contributed by atoms with Crippen LogP contribution >= 0.6 is 69.6 Å². The van der Waals surface area contributed by atoms with Gasteiger partial charge < -0.3 is 0 Å².